The minimum absolute atomic E-state index is 0.0838. The van der Waals surface area contributed by atoms with Crippen molar-refractivity contribution in [2.75, 3.05) is 21.0 Å². The Morgan fingerprint density at radius 3 is 2.83 bits per heavy atom. The molecule has 8 heteroatoms. The molecule has 0 saturated carbocycles. The number of ketones is 1. The zero-order chi connectivity index (χ0) is 20.8. The van der Waals surface area contributed by atoms with E-state index in [4.69, 9.17) is 23.7 Å². The highest BCUT2D eigenvalue weighted by Gasteiger charge is 2.67. The van der Waals surface area contributed by atoms with Crippen molar-refractivity contribution in [3.05, 3.63) is 46.5 Å². The molecule has 1 saturated heterocycles. The summed E-state index contributed by atoms with van der Waals surface area (Å²) < 4.78 is 28.4. The maximum atomic E-state index is 14.0. The van der Waals surface area contributed by atoms with Crippen LogP contribution in [0.2, 0.25) is 0 Å². The average molecular weight is 409 g/mol. The molecule has 8 nitrogen and oxygen atoms in total. The fourth-order valence-electron chi connectivity index (χ4n) is 5.31. The first-order valence-electron chi connectivity index (χ1n) is 9.72. The Labute approximate surface area is 172 Å². The van der Waals surface area contributed by atoms with Crippen LogP contribution in [0.15, 0.2) is 24.3 Å². The Morgan fingerprint density at radius 1 is 1.23 bits per heavy atom. The highest BCUT2D eigenvalue weighted by Crippen LogP contribution is 2.63. The van der Waals surface area contributed by atoms with Gasteiger partial charge in [0.2, 0.25) is 6.79 Å². The van der Waals surface area contributed by atoms with E-state index in [9.17, 15) is 9.59 Å². The summed E-state index contributed by atoms with van der Waals surface area (Å²) in [5.41, 5.74) is 1.91. The normalized spacial score (nSPS) is 27.5. The lowest BCUT2D eigenvalue weighted by molar-refractivity contribution is -0.132. The zero-order valence-electron chi connectivity index (χ0n) is 16.7. The maximum Gasteiger partial charge on any atom is 0.308 e. The summed E-state index contributed by atoms with van der Waals surface area (Å²) in [6, 6.07) is 7.27. The number of fused-ring (bicyclic) bond motifs is 6. The monoisotopic (exact) mass is 409 g/mol. The van der Waals surface area contributed by atoms with Gasteiger partial charge in [-0.25, -0.2) is 0 Å². The van der Waals surface area contributed by atoms with Crippen LogP contribution in [-0.2, 0) is 21.5 Å². The van der Waals surface area contributed by atoms with Crippen molar-refractivity contribution in [2.24, 2.45) is 0 Å². The van der Waals surface area contributed by atoms with Crippen LogP contribution in [0.4, 0.5) is 0 Å². The molecule has 2 aromatic carbocycles. The van der Waals surface area contributed by atoms with Crippen LogP contribution in [0.1, 0.15) is 40.1 Å². The standard InChI is InChI=1S/C22H19NO7/c1-10(24)29-16-8-13-11(6-15(16)26-3)7-17-23(2)22(13)20(25)18-12(21(22)30-17)4-5-14-19(18)28-9-27-14/h4-6,8,17,21H,7,9H2,1-3H3/t17?,21-,22+/m1/s1. The van der Waals surface area contributed by atoms with Gasteiger partial charge in [-0.2, -0.15) is 0 Å². The molecule has 1 unspecified atom stereocenters. The van der Waals surface area contributed by atoms with Crippen LogP contribution in [-0.4, -0.2) is 43.8 Å². The van der Waals surface area contributed by atoms with Crippen LogP contribution in [0, 0.1) is 0 Å². The molecule has 0 N–H and O–H groups in total. The van der Waals surface area contributed by atoms with E-state index in [0.29, 0.717) is 29.2 Å². The lowest BCUT2D eigenvalue weighted by Crippen LogP contribution is -2.52. The molecule has 3 heterocycles. The second kappa shape index (κ2) is 5.74. The van der Waals surface area contributed by atoms with Crippen LogP contribution in [0.5, 0.6) is 23.0 Å². The number of rotatable bonds is 2. The SMILES string of the molecule is COc1cc2c(cc1OC(C)=O)[C@]13C(=O)c4c(ccc5c4OCO5)[C@H]1OC(C2)N3C. The maximum absolute atomic E-state index is 14.0. The second-order valence-corrected chi connectivity index (χ2v) is 7.90. The highest BCUT2D eigenvalue weighted by molar-refractivity contribution is 6.12. The summed E-state index contributed by atoms with van der Waals surface area (Å²) in [7, 11) is 3.41. The van der Waals surface area contributed by atoms with Crippen molar-refractivity contribution < 1.29 is 33.3 Å². The summed E-state index contributed by atoms with van der Waals surface area (Å²) in [6.07, 6.45) is -0.160. The topological polar surface area (TPSA) is 83.5 Å². The number of Topliss-reactive ketones (excluding diaryl/α,β-unsaturated/α-hetero) is 1. The van der Waals surface area contributed by atoms with Gasteiger partial charge in [-0.1, -0.05) is 6.07 Å². The third kappa shape index (κ3) is 1.93. The summed E-state index contributed by atoms with van der Waals surface area (Å²) in [5.74, 6) is 1.19. The van der Waals surface area contributed by atoms with Gasteiger partial charge in [-0.3, -0.25) is 14.5 Å². The lowest BCUT2D eigenvalue weighted by Gasteiger charge is -2.40. The highest BCUT2D eigenvalue weighted by atomic mass is 16.7. The Kier molecular flexibility index (Phi) is 3.39. The van der Waals surface area contributed by atoms with Gasteiger partial charge < -0.3 is 23.7 Å². The molecule has 2 bridgehead atoms. The van der Waals surface area contributed by atoms with Crippen molar-refractivity contribution in [1.29, 1.82) is 0 Å². The first kappa shape index (κ1) is 17.7. The molecule has 154 valence electrons. The lowest BCUT2D eigenvalue weighted by atomic mass is 9.77. The fraction of sp³-hybridized carbons (Fsp3) is 0.364. The van der Waals surface area contributed by atoms with Crippen molar-refractivity contribution >= 4 is 11.8 Å². The predicted molar refractivity (Wildman–Crippen MR) is 102 cm³/mol. The number of benzene rings is 2. The number of methoxy groups -OCH3 is 1. The molecule has 1 fully saturated rings. The molecule has 0 radical (unpaired) electrons. The van der Waals surface area contributed by atoms with Gasteiger partial charge in [0, 0.05) is 13.3 Å². The molecule has 2 aromatic rings. The summed E-state index contributed by atoms with van der Waals surface area (Å²) >= 11 is 0. The van der Waals surface area contributed by atoms with E-state index in [1.54, 1.807) is 6.07 Å². The van der Waals surface area contributed by atoms with E-state index in [0.717, 1.165) is 16.7 Å². The molecule has 1 spiro atoms. The van der Waals surface area contributed by atoms with Crippen molar-refractivity contribution in [2.45, 2.75) is 31.2 Å². The van der Waals surface area contributed by atoms with Gasteiger partial charge in [0.05, 0.1) is 12.7 Å². The van der Waals surface area contributed by atoms with Crippen LogP contribution >= 0.6 is 0 Å². The molecular weight excluding hydrogens is 390 g/mol. The third-order valence-corrected chi connectivity index (χ3v) is 6.54. The number of carbonyl (C=O) groups excluding carboxylic acids is 2. The fourth-order valence-corrected chi connectivity index (χ4v) is 5.31. The van der Waals surface area contributed by atoms with Gasteiger partial charge in [-0.15, -0.1) is 0 Å². The molecule has 1 aliphatic carbocycles. The molecule has 3 atom stereocenters. The first-order valence-corrected chi connectivity index (χ1v) is 9.72. The van der Waals surface area contributed by atoms with E-state index in [1.165, 1.54) is 14.0 Å². The van der Waals surface area contributed by atoms with E-state index in [1.807, 2.05) is 30.1 Å². The molecule has 4 aliphatic rings. The molecule has 3 aliphatic heterocycles. The number of ether oxygens (including phenoxy) is 5. The molecule has 0 amide bonds. The van der Waals surface area contributed by atoms with Crippen LogP contribution in [0.25, 0.3) is 0 Å². The van der Waals surface area contributed by atoms with Crippen molar-refractivity contribution in [3.63, 3.8) is 0 Å². The molecule has 0 aromatic heterocycles. The van der Waals surface area contributed by atoms with Gasteiger partial charge in [0.15, 0.2) is 28.8 Å². The summed E-state index contributed by atoms with van der Waals surface area (Å²) in [5, 5.41) is 0. The van der Waals surface area contributed by atoms with Crippen molar-refractivity contribution in [3.8, 4) is 23.0 Å². The summed E-state index contributed by atoms with van der Waals surface area (Å²) in [4.78, 5) is 27.7. The van der Waals surface area contributed by atoms with Gasteiger partial charge in [-0.05, 0) is 41.9 Å². The Balaban J connectivity index is 1.61. The average Bonchev–Trinajstić information content (AvgIpc) is 3.33. The van der Waals surface area contributed by atoms with Gasteiger partial charge >= 0.3 is 5.97 Å². The van der Waals surface area contributed by atoms with E-state index >= 15 is 0 Å². The molecule has 30 heavy (non-hydrogen) atoms. The Hall–Kier alpha value is -3.10. The number of esters is 1. The number of hydrogen-bond donors (Lipinski definition) is 0. The van der Waals surface area contributed by atoms with Crippen LogP contribution in [0.3, 0.4) is 0 Å². The summed E-state index contributed by atoms with van der Waals surface area (Å²) in [6.45, 7) is 1.42. The largest absolute Gasteiger partial charge is 0.493 e. The predicted octanol–water partition coefficient (Wildman–Crippen LogP) is 2.33. The quantitative estimate of drug-likeness (QED) is 0.552. The minimum Gasteiger partial charge on any atom is -0.493 e. The number of hydrogen-bond acceptors (Lipinski definition) is 8. The Bertz CT molecular complexity index is 1140. The van der Waals surface area contributed by atoms with E-state index in [2.05, 4.69) is 0 Å². The molecular formula is C22H19NO7. The van der Waals surface area contributed by atoms with Gasteiger partial charge in [0.25, 0.3) is 0 Å². The second-order valence-electron chi connectivity index (χ2n) is 7.90. The number of carbonyl (C=O) groups is 2. The first-order chi connectivity index (χ1) is 14.5. The van der Waals surface area contributed by atoms with Crippen molar-refractivity contribution in [1.82, 2.24) is 4.90 Å². The zero-order valence-corrected chi connectivity index (χ0v) is 16.7. The smallest absolute Gasteiger partial charge is 0.308 e. The van der Waals surface area contributed by atoms with Gasteiger partial charge in [0.1, 0.15) is 17.9 Å². The molecule has 6 rings (SSSR count). The number of likely N-dealkylation sites (N-methyl/N-ethyl adjacent to an activating group) is 1. The minimum atomic E-state index is -1.07. The van der Waals surface area contributed by atoms with Crippen LogP contribution < -0.4 is 18.9 Å². The van der Waals surface area contributed by atoms with E-state index < -0.39 is 17.6 Å². The van der Waals surface area contributed by atoms with E-state index in [-0.39, 0.29) is 24.6 Å². The Morgan fingerprint density at radius 2 is 2.07 bits per heavy atom. The third-order valence-electron chi connectivity index (χ3n) is 6.54. The number of nitrogens with zero attached hydrogens (tertiary/aromatic N) is 1.